The SMILES string of the molecule is Cc1cc(F)c2c(C#N)c(-c3ccc(S(=O)(=O)NC4(C(F)(F)F)CC4)cn3)n(C3CCC3)c2c1. The number of nitrogens with zero attached hydrogens (tertiary/aromatic N) is 3. The van der Waals surface area contributed by atoms with E-state index in [4.69, 9.17) is 0 Å². The molecule has 34 heavy (non-hydrogen) atoms. The van der Waals surface area contributed by atoms with Gasteiger partial charge in [0.1, 0.15) is 22.3 Å². The normalized spacial score (nSPS) is 18.0. The van der Waals surface area contributed by atoms with Gasteiger partial charge in [-0.15, -0.1) is 0 Å². The second-order valence-corrected chi connectivity index (χ2v) is 10.7. The third-order valence-electron chi connectivity index (χ3n) is 6.66. The summed E-state index contributed by atoms with van der Waals surface area (Å²) in [7, 11) is -4.47. The highest BCUT2D eigenvalue weighted by Gasteiger charge is 2.65. The number of alkyl halides is 3. The molecule has 3 aromatic rings. The van der Waals surface area contributed by atoms with Gasteiger partial charge in [0, 0.05) is 12.2 Å². The van der Waals surface area contributed by atoms with E-state index in [2.05, 4.69) is 11.1 Å². The first kappa shape index (κ1) is 22.8. The number of rotatable bonds is 5. The number of aromatic nitrogens is 2. The largest absolute Gasteiger partial charge is 0.407 e. The van der Waals surface area contributed by atoms with Gasteiger partial charge in [0.15, 0.2) is 0 Å². The van der Waals surface area contributed by atoms with Crippen LogP contribution in [-0.2, 0) is 10.0 Å². The number of nitriles is 1. The lowest BCUT2D eigenvalue weighted by molar-refractivity contribution is -0.160. The molecule has 0 unspecified atom stereocenters. The fraction of sp³-hybridized carbons (Fsp3) is 0.391. The summed E-state index contributed by atoms with van der Waals surface area (Å²) in [5.74, 6) is -0.531. The number of halogens is 4. The quantitative estimate of drug-likeness (QED) is 0.501. The van der Waals surface area contributed by atoms with Gasteiger partial charge in [0.05, 0.1) is 27.9 Å². The van der Waals surface area contributed by atoms with Gasteiger partial charge in [0.25, 0.3) is 0 Å². The molecule has 0 aliphatic heterocycles. The lowest BCUT2D eigenvalue weighted by Crippen LogP contribution is -2.47. The number of aryl methyl sites for hydroxylation is 1. The minimum atomic E-state index is -4.69. The van der Waals surface area contributed by atoms with Crippen molar-refractivity contribution in [1.29, 1.82) is 5.26 Å². The first-order valence-electron chi connectivity index (χ1n) is 10.8. The fourth-order valence-corrected chi connectivity index (χ4v) is 5.86. The molecule has 6 nitrogen and oxygen atoms in total. The van der Waals surface area contributed by atoms with E-state index in [-0.39, 0.29) is 35.5 Å². The Hall–Kier alpha value is -2.97. The van der Waals surface area contributed by atoms with E-state index in [1.54, 1.807) is 17.7 Å². The van der Waals surface area contributed by atoms with Crippen LogP contribution >= 0.6 is 0 Å². The van der Waals surface area contributed by atoms with Crippen molar-refractivity contribution in [2.45, 2.75) is 61.7 Å². The molecule has 1 aromatic carbocycles. The number of benzene rings is 1. The van der Waals surface area contributed by atoms with Crippen LogP contribution in [0.15, 0.2) is 35.4 Å². The Bertz CT molecular complexity index is 1450. The molecule has 0 bridgehead atoms. The van der Waals surface area contributed by atoms with E-state index in [1.807, 2.05) is 4.57 Å². The lowest BCUT2D eigenvalue weighted by atomic mass is 9.92. The van der Waals surface area contributed by atoms with Crippen molar-refractivity contribution < 1.29 is 26.0 Å². The Morgan fingerprint density at radius 2 is 1.94 bits per heavy atom. The number of pyridine rings is 1. The molecule has 2 aliphatic carbocycles. The molecule has 0 amide bonds. The minimum absolute atomic E-state index is 0.0363. The lowest BCUT2D eigenvalue weighted by Gasteiger charge is -2.30. The molecule has 5 rings (SSSR count). The van der Waals surface area contributed by atoms with Gasteiger partial charge in [-0.3, -0.25) is 4.98 Å². The van der Waals surface area contributed by atoms with Crippen molar-refractivity contribution >= 4 is 20.9 Å². The van der Waals surface area contributed by atoms with E-state index in [0.29, 0.717) is 16.8 Å². The molecule has 178 valence electrons. The van der Waals surface area contributed by atoms with Crippen molar-refractivity contribution in [2.75, 3.05) is 0 Å². The molecule has 2 fully saturated rings. The van der Waals surface area contributed by atoms with Gasteiger partial charge < -0.3 is 4.57 Å². The van der Waals surface area contributed by atoms with Crippen molar-refractivity contribution in [3.63, 3.8) is 0 Å². The van der Waals surface area contributed by atoms with Crippen LogP contribution in [0.4, 0.5) is 17.6 Å². The predicted molar refractivity (Wildman–Crippen MR) is 116 cm³/mol. The number of sulfonamides is 1. The molecule has 0 radical (unpaired) electrons. The Morgan fingerprint density at radius 1 is 1.24 bits per heavy atom. The Kier molecular flexibility index (Phi) is 5.04. The summed E-state index contributed by atoms with van der Waals surface area (Å²) in [5.41, 5.74) is -0.474. The average Bonchev–Trinajstić information content (AvgIpc) is 3.43. The van der Waals surface area contributed by atoms with Gasteiger partial charge in [-0.05, 0) is 68.9 Å². The summed E-state index contributed by atoms with van der Waals surface area (Å²) in [6, 6.07) is 7.75. The van der Waals surface area contributed by atoms with Crippen LogP contribution in [0.25, 0.3) is 22.3 Å². The zero-order valence-corrected chi connectivity index (χ0v) is 18.9. The fourth-order valence-electron chi connectivity index (χ4n) is 4.47. The second-order valence-electron chi connectivity index (χ2n) is 9.00. The van der Waals surface area contributed by atoms with E-state index < -0.39 is 32.5 Å². The number of hydrogen-bond donors (Lipinski definition) is 1. The maximum absolute atomic E-state index is 14.9. The molecule has 2 saturated carbocycles. The first-order valence-corrected chi connectivity index (χ1v) is 12.3. The van der Waals surface area contributed by atoms with E-state index >= 15 is 0 Å². The number of hydrogen-bond acceptors (Lipinski definition) is 4. The van der Waals surface area contributed by atoms with Crippen LogP contribution in [-0.4, -0.2) is 29.7 Å². The molecule has 0 saturated heterocycles. The maximum Gasteiger partial charge on any atom is 0.407 e. The van der Waals surface area contributed by atoms with Gasteiger partial charge in [0.2, 0.25) is 10.0 Å². The summed E-state index contributed by atoms with van der Waals surface area (Å²) in [6.45, 7) is 1.75. The number of fused-ring (bicyclic) bond motifs is 1. The monoisotopic (exact) mass is 492 g/mol. The summed E-state index contributed by atoms with van der Waals surface area (Å²) in [4.78, 5) is 3.77. The minimum Gasteiger partial charge on any atom is -0.335 e. The van der Waals surface area contributed by atoms with E-state index in [9.17, 15) is 31.2 Å². The molecule has 0 atom stereocenters. The average molecular weight is 492 g/mol. The van der Waals surface area contributed by atoms with Crippen LogP contribution in [0, 0.1) is 24.1 Å². The molecule has 2 aliphatic rings. The highest BCUT2D eigenvalue weighted by molar-refractivity contribution is 7.89. The molecule has 2 aromatic heterocycles. The van der Waals surface area contributed by atoms with Gasteiger partial charge in [-0.2, -0.15) is 23.2 Å². The highest BCUT2D eigenvalue weighted by Crippen LogP contribution is 2.50. The van der Waals surface area contributed by atoms with Crippen LogP contribution in [0.3, 0.4) is 0 Å². The predicted octanol–water partition coefficient (Wildman–Crippen LogP) is 5.12. The molecule has 2 heterocycles. The summed E-state index contributed by atoms with van der Waals surface area (Å²) < 4.78 is 83.4. The first-order chi connectivity index (χ1) is 16.0. The Balaban J connectivity index is 1.60. The van der Waals surface area contributed by atoms with E-state index in [1.165, 1.54) is 12.1 Å². The smallest absolute Gasteiger partial charge is 0.335 e. The standard InChI is InChI=1S/C23H20F4N4O2S/c1-13-9-17(24)20-16(11-28)21(31(19(20)10-13)14-3-2-4-14)18-6-5-15(12-29-18)34(32,33)30-22(7-8-22)23(25,26)27/h5-6,9-10,12,14,30H,2-4,7-8H2,1H3. The molecular weight excluding hydrogens is 472 g/mol. The highest BCUT2D eigenvalue weighted by atomic mass is 32.2. The van der Waals surface area contributed by atoms with E-state index in [0.717, 1.165) is 31.5 Å². The van der Waals surface area contributed by atoms with Crippen molar-refractivity contribution in [3.8, 4) is 17.5 Å². The second kappa shape index (κ2) is 7.52. The van der Waals surface area contributed by atoms with Crippen LogP contribution in [0.2, 0.25) is 0 Å². The van der Waals surface area contributed by atoms with Gasteiger partial charge in [-0.25, -0.2) is 12.8 Å². The molecule has 1 N–H and O–H groups in total. The zero-order valence-electron chi connectivity index (χ0n) is 18.1. The van der Waals surface area contributed by atoms with Crippen LogP contribution in [0.5, 0.6) is 0 Å². The number of nitrogens with one attached hydrogen (secondary N) is 1. The van der Waals surface area contributed by atoms with Crippen LogP contribution in [0.1, 0.15) is 49.3 Å². The summed E-state index contributed by atoms with van der Waals surface area (Å²) >= 11 is 0. The van der Waals surface area contributed by atoms with Crippen molar-refractivity contribution in [1.82, 2.24) is 14.3 Å². The molecular formula is C23H20F4N4O2S. The van der Waals surface area contributed by atoms with Gasteiger partial charge in [-0.1, -0.05) is 0 Å². The summed E-state index contributed by atoms with van der Waals surface area (Å²) in [5, 5.41) is 10.1. The Morgan fingerprint density at radius 3 is 2.44 bits per heavy atom. The van der Waals surface area contributed by atoms with Crippen molar-refractivity contribution in [2.24, 2.45) is 0 Å². The Labute approximate surface area is 193 Å². The van der Waals surface area contributed by atoms with Gasteiger partial charge >= 0.3 is 6.18 Å². The molecule has 11 heteroatoms. The zero-order chi connectivity index (χ0) is 24.5. The topological polar surface area (TPSA) is 87.8 Å². The molecule has 0 spiro atoms. The van der Waals surface area contributed by atoms with Crippen molar-refractivity contribution in [3.05, 3.63) is 47.4 Å². The third-order valence-corrected chi connectivity index (χ3v) is 8.19. The summed E-state index contributed by atoms with van der Waals surface area (Å²) in [6.07, 6.45) is -1.70. The third kappa shape index (κ3) is 3.47. The maximum atomic E-state index is 14.9. The van der Waals surface area contributed by atoms with Crippen LogP contribution < -0.4 is 4.72 Å².